The Bertz CT molecular complexity index is 1200. The fourth-order valence-corrected chi connectivity index (χ4v) is 4.39. The van der Waals surface area contributed by atoms with Crippen molar-refractivity contribution in [3.05, 3.63) is 89.0 Å². The molecule has 5 nitrogen and oxygen atoms in total. The Morgan fingerprint density at radius 3 is 2.34 bits per heavy atom. The van der Waals surface area contributed by atoms with Crippen LogP contribution in [0.3, 0.4) is 0 Å². The lowest BCUT2D eigenvalue weighted by molar-refractivity contribution is -0.142. The van der Waals surface area contributed by atoms with Gasteiger partial charge in [-0.3, -0.25) is 9.69 Å². The number of carbonyl (C=O) groups is 1. The Balaban J connectivity index is 1.97. The van der Waals surface area contributed by atoms with Crippen LogP contribution >= 0.6 is 0 Å². The van der Waals surface area contributed by atoms with Crippen molar-refractivity contribution in [3.8, 4) is 16.9 Å². The highest BCUT2D eigenvalue weighted by molar-refractivity contribution is 5.77. The number of hydrogen-bond donors (Lipinski definition) is 1. The highest BCUT2D eigenvalue weighted by Gasteiger charge is 2.32. The minimum absolute atomic E-state index is 0.0279. The van der Waals surface area contributed by atoms with E-state index in [1.807, 2.05) is 37.3 Å². The highest BCUT2D eigenvalue weighted by Crippen LogP contribution is 2.38. The maximum atomic E-state index is 13.7. The van der Waals surface area contributed by atoms with Gasteiger partial charge in [-0.2, -0.15) is 13.2 Å². The fourth-order valence-electron chi connectivity index (χ4n) is 4.39. The average Bonchev–Trinajstić information content (AvgIpc) is 2.90. The van der Waals surface area contributed by atoms with Crippen LogP contribution in [0.1, 0.15) is 42.5 Å². The van der Waals surface area contributed by atoms with Gasteiger partial charge < -0.3 is 14.6 Å². The van der Waals surface area contributed by atoms with Crippen LogP contribution in [-0.4, -0.2) is 42.5 Å². The quantitative estimate of drug-likeness (QED) is 0.222. The first-order valence-corrected chi connectivity index (χ1v) is 12.6. The largest absolute Gasteiger partial charge is 0.496 e. The minimum Gasteiger partial charge on any atom is -0.496 e. The van der Waals surface area contributed by atoms with E-state index >= 15 is 0 Å². The summed E-state index contributed by atoms with van der Waals surface area (Å²) in [4.78, 5) is 13.8. The standard InChI is InChI=1S/C30H34F3NO4/c1-4-34(28(35)16-12-21-9-7-6-8-10-21)20-23-19-24(30(31,32)33)13-14-25(23)26-17-22(11-15-27(26)37-3)18-29(36)38-5-2/h6-11,13-15,17,19,28,35H,4-5,12,16,18,20H2,1-3H3. The first kappa shape index (κ1) is 29.2. The molecule has 0 saturated heterocycles. The molecular weight excluding hydrogens is 495 g/mol. The number of esters is 1. The van der Waals surface area contributed by atoms with Gasteiger partial charge in [0.1, 0.15) is 12.0 Å². The van der Waals surface area contributed by atoms with Crippen LogP contribution in [0.15, 0.2) is 66.7 Å². The van der Waals surface area contributed by atoms with E-state index in [1.165, 1.54) is 13.2 Å². The van der Waals surface area contributed by atoms with Crippen molar-refractivity contribution in [1.29, 1.82) is 0 Å². The maximum Gasteiger partial charge on any atom is 0.416 e. The third kappa shape index (κ3) is 7.82. The van der Waals surface area contributed by atoms with Gasteiger partial charge in [0.05, 0.1) is 25.7 Å². The number of ether oxygens (including phenoxy) is 2. The van der Waals surface area contributed by atoms with Gasteiger partial charge in [-0.05, 0) is 72.8 Å². The third-order valence-electron chi connectivity index (χ3n) is 6.38. The fraction of sp³-hybridized carbons (Fsp3) is 0.367. The van der Waals surface area contributed by atoms with E-state index < -0.39 is 23.9 Å². The molecule has 0 radical (unpaired) electrons. The lowest BCUT2D eigenvalue weighted by Gasteiger charge is -2.28. The van der Waals surface area contributed by atoms with Gasteiger partial charge in [0, 0.05) is 12.1 Å². The number of aryl methyl sites for hydroxylation is 1. The number of carbonyl (C=O) groups excluding carboxylic acids is 1. The van der Waals surface area contributed by atoms with Crippen LogP contribution in [0.2, 0.25) is 0 Å². The van der Waals surface area contributed by atoms with E-state index in [1.54, 1.807) is 30.0 Å². The van der Waals surface area contributed by atoms with E-state index in [9.17, 15) is 23.1 Å². The number of nitrogens with zero attached hydrogens (tertiary/aromatic N) is 1. The van der Waals surface area contributed by atoms with E-state index in [2.05, 4.69) is 0 Å². The Kier molecular flexibility index (Phi) is 10.3. The Labute approximate surface area is 221 Å². The lowest BCUT2D eigenvalue weighted by atomic mass is 9.94. The highest BCUT2D eigenvalue weighted by atomic mass is 19.4. The number of aliphatic hydroxyl groups excluding tert-OH is 1. The van der Waals surface area contributed by atoms with Crippen molar-refractivity contribution in [2.45, 2.75) is 52.1 Å². The predicted octanol–water partition coefficient (Wildman–Crippen LogP) is 6.26. The second-order valence-electron chi connectivity index (χ2n) is 8.95. The molecule has 1 N–H and O–H groups in total. The van der Waals surface area contributed by atoms with Crippen molar-refractivity contribution in [2.75, 3.05) is 20.3 Å². The number of aliphatic hydroxyl groups is 1. The molecule has 3 rings (SSSR count). The summed E-state index contributed by atoms with van der Waals surface area (Å²) in [5.74, 6) is 0.0706. The summed E-state index contributed by atoms with van der Waals surface area (Å²) < 4.78 is 51.6. The van der Waals surface area contributed by atoms with Gasteiger partial charge in [0.2, 0.25) is 0 Å². The summed E-state index contributed by atoms with van der Waals surface area (Å²) in [7, 11) is 1.49. The van der Waals surface area contributed by atoms with E-state index in [0.717, 1.165) is 17.7 Å². The van der Waals surface area contributed by atoms with Gasteiger partial charge in [0.25, 0.3) is 0 Å². The summed E-state index contributed by atoms with van der Waals surface area (Å²) in [6.07, 6.45) is -4.27. The number of hydrogen-bond acceptors (Lipinski definition) is 5. The number of halogens is 3. The molecule has 0 bridgehead atoms. The lowest BCUT2D eigenvalue weighted by Crippen LogP contribution is -2.35. The summed E-state index contributed by atoms with van der Waals surface area (Å²) in [6, 6.07) is 18.5. The summed E-state index contributed by atoms with van der Waals surface area (Å²) in [5.41, 5.74) is 2.45. The third-order valence-corrected chi connectivity index (χ3v) is 6.38. The molecule has 8 heteroatoms. The Morgan fingerprint density at radius 2 is 1.71 bits per heavy atom. The summed E-state index contributed by atoms with van der Waals surface area (Å²) in [6.45, 7) is 4.37. The van der Waals surface area contributed by atoms with E-state index in [4.69, 9.17) is 9.47 Å². The number of rotatable bonds is 12. The Morgan fingerprint density at radius 1 is 0.974 bits per heavy atom. The van der Waals surface area contributed by atoms with Crippen molar-refractivity contribution < 1.29 is 32.5 Å². The van der Waals surface area contributed by atoms with Crippen molar-refractivity contribution in [1.82, 2.24) is 4.90 Å². The first-order valence-electron chi connectivity index (χ1n) is 12.6. The van der Waals surface area contributed by atoms with Gasteiger partial charge in [-0.25, -0.2) is 0 Å². The summed E-state index contributed by atoms with van der Waals surface area (Å²) >= 11 is 0. The molecule has 0 fully saturated rings. The maximum absolute atomic E-state index is 13.7. The zero-order valence-electron chi connectivity index (χ0n) is 21.9. The molecule has 204 valence electrons. The molecule has 3 aromatic rings. The van der Waals surface area contributed by atoms with Crippen molar-refractivity contribution in [3.63, 3.8) is 0 Å². The first-order chi connectivity index (χ1) is 18.2. The van der Waals surface area contributed by atoms with Crippen molar-refractivity contribution in [2.24, 2.45) is 0 Å². The number of alkyl halides is 3. The topological polar surface area (TPSA) is 59.0 Å². The smallest absolute Gasteiger partial charge is 0.416 e. The van der Waals surface area contributed by atoms with Crippen LogP contribution in [-0.2, 0) is 35.1 Å². The molecule has 0 spiro atoms. The van der Waals surface area contributed by atoms with Crippen LogP contribution < -0.4 is 4.74 Å². The van der Waals surface area contributed by atoms with Crippen LogP contribution in [0.4, 0.5) is 13.2 Å². The normalized spacial score (nSPS) is 12.4. The molecule has 3 aromatic carbocycles. The SMILES string of the molecule is CCOC(=O)Cc1ccc(OC)c(-c2ccc(C(F)(F)F)cc2CN(CC)C(O)CCc2ccccc2)c1. The second kappa shape index (κ2) is 13.4. The van der Waals surface area contributed by atoms with Gasteiger partial charge >= 0.3 is 12.1 Å². The van der Waals surface area contributed by atoms with Gasteiger partial charge in [0.15, 0.2) is 0 Å². The number of methoxy groups -OCH3 is 1. The monoisotopic (exact) mass is 529 g/mol. The molecule has 0 amide bonds. The molecule has 0 heterocycles. The van der Waals surface area contributed by atoms with Crippen LogP contribution in [0.25, 0.3) is 11.1 Å². The second-order valence-corrected chi connectivity index (χ2v) is 8.95. The van der Waals surface area contributed by atoms with Gasteiger partial charge in [-0.15, -0.1) is 0 Å². The number of benzene rings is 3. The molecule has 1 unspecified atom stereocenters. The van der Waals surface area contributed by atoms with Gasteiger partial charge in [-0.1, -0.05) is 49.4 Å². The molecule has 0 aliphatic heterocycles. The predicted molar refractivity (Wildman–Crippen MR) is 141 cm³/mol. The Hall–Kier alpha value is -3.36. The zero-order valence-corrected chi connectivity index (χ0v) is 21.9. The molecule has 0 aliphatic rings. The molecule has 0 saturated carbocycles. The van der Waals surface area contributed by atoms with Crippen LogP contribution in [0, 0.1) is 0 Å². The average molecular weight is 530 g/mol. The molecular formula is C30H34F3NO4. The summed E-state index contributed by atoms with van der Waals surface area (Å²) in [5, 5.41) is 10.9. The van der Waals surface area contributed by atoms with Crippen LogP contribution in [0.5, 0.6) is 5.75 Å². The minimum atomic E-state index is -4.52. The molecule has 0 aromatic heterocycles. The van der Waals surface area contributed by atoms with E-state index in [0.29, 0.717) is 47.4 Å². The molecule has 38 heavy (non-hydrogen) atoms. The zero-order chi connectivity index (χ0) is 27.7. The van der Waals surface area contributed by atoms with Crippen molar-refractivity contribution >= 4 is 5.97 Å². The molecule has 1 atom stereocenters. The van der Waals surface area contributed by atoms with E-state index in [-0.39, 0.29) is 19.6 Å². The molecule has 0 aliphatic carbocycles.